The lowest BCUT2D eigenvalue weighted by Crippen LogP contribution is -2.33. The fraction of sp³-hybridized carbons (Fsp3) is 0.379. The van der Waals surface area contributed by atoms with E-state index in [0.717, 1.165) is 41.9 Å². The molecule has 0 bridgehead atoms. The van der Waals surface area contributed by atoms with E-state index in [0.29, 0.717) is 44.9 Å². The molecule has 3 rings (SSSR count). The average Bonchev–Trinajstić information content (AvgIpc) is 3.44. The normalized spacial score (nSPS) is 10.7. The third-order valence-corrected chi connectivity index (χ3v) is 5.71. The van der Waals surface area contributed by atoms with Crippen LogP contribution in [-0.4, -0.2) is 50.3 Å². The monoisotopic (exact) mass is 493 g/mol. The zero-order valence-corrected chi connectivity index (χ0v) is 21.1. The van der Waals surface area contributed by atoms with Crippen molar-refractivity contribution in [3.8, 4) is 17.1 Å². The smallest absolute Gasteiger partial charge is 0.305 e. The van der Waals surface area contributed by atoms with Crippen LogP contribution in [0.15, 0.2) is 71.3 Å². The Bertz CT molecular complexity index is 1060. The van der Waals surface area contributed by atoms with Gasteiger partial charge in [0.25, 0.3) is 5.91 Å². The van der Waals surface area contributed by atoms with Crippen LogP contribution in [-0.2, 0) is 20.8 Å². The molecule has 0 N–H and O–H groups in total. The Kier molecular flexibility index (Phi) is 11.1. The Morgan fingerprint density at radius 2 is 1.72 bits per heavy atom. The number of carbonyl (C=O) groups is 2. The SMILES string of the molecule is CCOC(=O)CCCCCOc1ccccc1CN(CCOC)C(=O)c1ccc(-c2ccco2)cc1. The van der Waals surface area contributed by atoms with Gasteiger partial charge in [-0.15, -0.1) is 0 Å². The van der Waals surface area contributed by atoms with Gasteiger partial charge in [-0.2, -0.15) is 0 Å². The zero-order chi connectivity index (χ0) is 25.6. The second kappa shape index (κ2) is 14.7. The predicted molar refractivity (Wildman–Crippen MR) is 138 cm³/mol. The molecule has 0 saturated carbocycles. The number of carbonyl (C=O) groups excluding carboxylic acids is 2. The molecule has 1 aromatic heterocycles. The summed E-state index contributed by atoms with van der Waals surface area (Å²) in [6.45, 7) is 4.06. The van der Waals surface area contributed by atoms with Crippen molar-refractivity contribution < 1.29 is 28.2 Å². The number of furan rings is 1. The van der Waals surface area contributed by atoms with Gasteiger partial charge in [0.1, 0.15) is 11.5 Å². The van der Waals surface area contributed by atoms with Gasteiger partial charge in [-0.1, -0.05) is 30.3 Å². The number of ether oxygens (including phenoxy) is 3. The molecule has 0 unspecified atom stereocenters. The van der Waals surface area contributed by atoms with Gasteiger partial charge in [0.15, 0.2) is 0 Å². The molecule has 0 aliphatic rings. The molecular formula is C29H35NO6. The van der Waals surface area contributed by atoms with Gasteiger partial charge < -0.3 is 23.5 Å². The first kappa shape index (κ1) is 27.0. The molecule has 36 heavy (non-hydrogen) atoms. The fourth-order valence-corrected chi connectivity index (χ4v) is 3.80. The summed E-state index contributed by atoms with van der Waals surface area (Å²) in [6, 6.07) is 18.9. The molecular weight excluding hydrogens is 458 g/mol. The largest absolute Gasteiger partial charge is 0.493 e. The van der Waals surface area contributed by atoms with Crippen LogP contribution in [0.5, 0.6) is 5.75 Å². The highest BCUT2D eigenvalue weighted by Crippen LogP contribution is 2.23. The second-order valence-corrected chi connectivity index (χ2v) is 8.35. The molecule has 0 fully saturated rings. The van der Waals surface area contributed by atoms with Gasteiger partial charge in [0.2, 0.25) is 0 Å². The van der Waals surface area contributed by atoms with E-state index in [2.05, 4.69) is 0 Å². The maximum Gasteiger partial charge on any atom is 0.305 e. The summed E-state index contributed by atoms with van der Waals surface area (Å²) < 4.78 is 21.7. The Balaban J connectivity index is 1.60. The van der Waals surface area contributed by atoms with Gasteiger partial charge in [-0.3, -0.25) is 9.59 Å². The maximum absolute atomic E-state index is 13.4. The third-order valence-electron chi connectivity index (χ3n) is 5.71. The van der Waals surface area contributed by atoms with Crippen molar-refractivity contribution in [1.29, 1.82) is 0 Å². The van der Waals surface area contributed by atoms with E-state index in [1.165, 1.54) is 0 Å². The molecule has 1 amide bonds. The Morgan fingerprint density at radius 1 is 0.917 bits per heavy atom. The molecule has 3 aromatic rings. The number of unbranched alkanes of at least 4 members (excludes halogenated alkanes) is 2. The first-order chi connectivity index (χ1) is 17.6. The number of hydrogen-bond acceptors (Lipinski definition) is 6. The lowest BCUT2D eigenvalue weighted by atomic mass is 10.1. The molecule has 7 heteroatoms. The van der Waals surface area contributed by atoms with Gasteiger partial charge in [-0.25, -0.2) is 0 Å². The summed E-state index contributed by atoms with van der Waals surface area (Å²) in [7, 11) is 1.62. The molecule has 0 aliphatic carbocycles. The summed E-state index contributed by atoms with van der Waals surface area (Å²) in [6.07, 6.45) is 4.56. The highest BCUT2D eigenvalue weighted by Gasteiger charge is 2.18. The lowest BCUT2D eigenvalue weighted by molar-refractivity contribution is -0.143. The molecule has 0 spiro atoms. The van der Waals surface area contributed by atoms with Crippen LogP contribution < -0.4 is 4.74 Å². The Morgan fingerprint density at radius 3 is 2.44 bits per heavy atom. The van der Waals surface area contributed by atoms with E-state index in [4.69, 9.17) is 18.6 Å². The zero-order valence-electron chi connectivity index (χ0n) is 21.1. The summed E-state index contributed by atoms with van der Waals surface area (Å²) in [5, 5.41) is 0. The number of benzene rings is 2. The minimum Gasteiger partial charge on any atom is -0.493 e. The summed E-state index contributed by atoms with van der Waals surface area (Å²) in [5.74, 6) is 1.29. The van der Waals surface area contributed by atoms with Crippen molar-refractivity contribution >= 4 is 11.9 Å². The van der Waals surface area contributed by atoms with E-state index in [1.807, 2.05) is 67.6 Å². The number of esters is 1. The summed E-state index contributed by atoms with van der Waals surface area (Å²) >= 11 is 0. The van der Waals surface area contributed by atoms with Gasteiger partial charge in [-0.05, 0) is 56.5 Å². The van der Waals surface area contributed by atoms with Crippen molar-refractivity contribution in [2.45, 2.75) is 39.2 Å². The van der Waals surface area contributed by atoms with Crippen molar-refractivity contribution in [3.05, 3.63) is 78.1 Å². The van der Waals surface area contributed by atoms with Crippen molar-refractivity contribution in [1.82, 2.24) is 4.90 Å². The lowest BCUT2D eigenvalue weighted by Gasteiger charge is -2.24. The van der Waals surface area contributed by atoms with Crippen LogP contribution in [0, 0.1) is 0 Å². The van der Waals surface area contributed by atoms with Crippen molar-refractivity contribution in [2.24, 2.45) is 0 Å². The number of amides is 1. The molecule has 1 heterocycles. The second-order valence-electron chi connectivity index (χ2n) is 8.35. The summed E-state index contributed by atoms with van der Waals surface area (Å²) in [4.78, 5) is 26.6. The van der Waals surface area contributed by atoms with Crippen LogP contribution in [0.25, 0.3) is 11.3 Å². The Hall–Kier alpha value is -3.58. The maximum atomic E-state index is 13.4. The van der Waals surface area contributed by atoms with Crippen LogP contribution in [0.1, 0.15) is 48.5 Å². The van der Waals surface area contributed by atoms with Gasteiger partial charge in [0.05, 0.1) is 26.1 Å². The summed E-state index contributed by atoms with van der Waals surface area (Å²) in [5.41, 5.74) is 2.45. The van der Waals surface area contributed by atoms with E-state index >= 15 is 0 Å². The number of para-hydroxylation sites is 1. The highest BCUT2D eigenvalue weighted by molar-refractivity contribution is 5.94. The van der Waals surface area contributed by atoms with E-state index < -0.39 is 0 Å². The predicted octanol–water partition coefficient (Wildman–Crippen LogP) is 5.74. The number of rotatable bonds is 15. The number of hydrogen-bond donors (Lipinski definition) is 0. The molecule has 7 nitrogen and oxygen atoms in total. The van der Waals surface area contributed by atoms with Gasteiger partial charge >= 0.3 is 5.97 Å². The molecule has 0 saturated heterocycles. The topological polar surface area (TPSA) is 78.2 Å². The van der Waals surface area contributed by atoms with Crippen molar-refractivity contribution in [2.75, 3.05) is 33.5 Å². The van der Waals surface area contributed by atoms with E-state index in [9.17, 15) is 9.59 Å². The van der Waals surface area contributed by atoms with Crippen LogP contribution in [0.4, 0.5) is 0 Å². The fourth-order valence-electron chi connectivity index (χ4n) is 3.80. The molecule has 0 radical (unpaired) electrons. The molecule has 2 aromatic carbocycles. The Labute approximate surface area is 213 Å². The van der Waals surface area contributed by atoms with Crippen LogP contribution >= 0.6 is 0 Å². The minimum absolute atomic E-state index is 0.0770. The highest BCUT2D eigenvalue weighted by atomic mass is 16.5. The third kappa shape index (κ3) is 8.27. The van der Waals surface area contributed by atoms with E-state index in [1.54, 1.807) is 18.3 Å². The van der Waals surface area contributed by atoms with E-state index in [-0.39, 0.29) is 11.9 Å². The van der Waals surface area contributed by atoms with Crippen LogP contribution in [0.2, 0.25) is 0 Å². The average molecular weight is 494 g/mol. The first-order valence-electron chi connectivity index (χ1n) is 12.4. The minimum atomic E-state index is -0.153. The first-order valence-corrected chi connectivity index (χ1v) is 12.4. The molecule has 192 valence electrons. The van der Waals surface area contributed by atoms with Crippen molar-refractivity contribution in [3.63, 3.8) is 0 Å². The standard InChI is InChI=1S/C29H35NO6/c1-3-34-28(31)13-5-4-8-19-35-27-11-7-6-10-25(27)22-30(18-21-33-2)29(32)24-16-14-23(15-17-24)26-12-9-20-36-26/h6-7,9-12,14-17,20H,3-5,8,13,18-19,21-22H2,1-2H3. The number of methoxy groups -OCH3 is 1. The number of nitrogens with zero attached hydrogens (tertiary/aromatic N) is 1. The molecule has 0 atom stereocenters. The molecule has 0 aliphatic heterocycles. The van der Waals surface area contributed by atoms with Crippen LogP contribution in [0.3, 0.4) is 0 Å². The van der Waals surface area contributed by atoms with Gasteiger partial charge in [0, 0.05) is 43.3 Å². The quantitative estimate of drug-likeness (QED) is 0.199.